The van der Waals surface area contributed by atoms with Gasteiger partial charge in [-0.25, -0.2) is 0 Å². The van der Waals surface area contributed by atoms with Gasteiger partial charge in [-0.2, -0.15) is 0 Å². The number of hydrogen-bond donors (Lipinski definition) is 0. The highest BCUT2D eigenvalue weighted by atomic mass is 127. The second kappa shape index (κ2) is 4.65. The average molecular weight is 204 g/mol. The van der Waals surface area contributed by atoms with Crippen molar-refractivity contribution in [2.45, 2.75) is 0 Å². The van der Waals surface area contributed by atoms with Crippen molar-refractivity contribution in [1.82, 2.24) is 0 Å². The fraction of sp³-hybridized carbons (Fsp3) is 0. The normalized spacial score (nSPS) is 13.2. The lowest BCUT2D eigenvalue weighted by Gasteiger charge is -1.67. The monoisotopic (exact) mass is 204 g/mol. The highest BCUT2D eigenvalue weighted by molar-refractivity contribution is 14.2. The minimum atomic E-state index is 1.14. The van der Waals surface area contributed by atoms with Crippen LogP contribution in [0.1, 0.15) is 0 Å². The van der Waals surface area contributed by atoms with Gasteiger partial charge in [0.25, 0.3) is 0 Å². The smallest absolute Gasteiger partial charge is 0.132 e. The van der Waals surface area contributed by atoms with E-state index in [0.29, 0.717) is 0 Å². The second-order valence-corrected chi connectivity index (χ2v) is 7.95. The largest absolute Gasteiger partial charge is 0.136 e. The predicted octanol–water partition coefficient (Wildman–Crippen LogP) is 1.16. The molecule has 0 amide bonds. The molecule has 0 aromatic heterocycles. The van der Waals surface area contributed by atoms with Crippen LogP contribution >= 0.6 is 36.1 Å². The minimum absolute atomic E-state index is 1.14. The van der Waals surface area contributed by atoms with Crippen LogP contribution in [0.2, 0.25) is 0 Å². The van der Waals surface area contributed by atoms with Crippen molar-refractivity contribution >= 4 is 43.7 Å². The molecule has 24 valence electrons. The average Bonchev–Trinajstić information content (AvgIpc) is 1.37. The Morgan fingerprint density at radius 1 is 1.75 bits per heavy atom. The molecule has 0 nitrogen and oxygen atoms in total. The van der Waals surface area contributed by atoms with Gasteiger partial charge in [0.1, 0.15) is 7.57 Å². The zero-order valence-corrected chi connectivity index (χ0v) is 6.54. The van der Waals surface area contributed by atoms with Gasteiger partial charge in [0, 0.05) is 0 Å². The molecule has 2 unspecified atom stereocenters. The van der Waals surface area contributed by atoms with E-state index in [4.69, 9.17) is 0 Å². The molecule has 0 aromatic carbocycles. The molecule has 0 N–H and O–H groups in total. The molecule has 0 bridgehead atoms. The van der Waals surface area contributed by atoms with Crippen molar-refractivity contribution in [2.75, 3.05) is 0 Å². The van der Waals surface area contributed by atoms with Gasteiger partial charge >= 0.3 is 0 Å². The number of rotatable bonds is 1. The zero-order valence-electron chi connectivity index (χ0n) is 2.38. The summed E-state index contributed by atoms with van der Waals surface area (Å²) >= 11 is 2.39. The Hall–Kier alpha value is 1.65. The summed E-state index contributed by atoms with van der Waals surface area (Å²) in [6.07, 6.45) is 0. The van der Waals surface area contributed by atoms with Gasteiger partial charge in [0.2, 0.25) is 0 Å². The van der Waals surface area contributed by atoms with Crippen LogP contribution in [0.5, 0.6) is 0 Å². The van der Waals surface area contributed by atoms with E-state index in [1.807, 2.05) is 0 Å². The molecule has 0 fully saturated rings. The lowest BCUT2D eigenvalue weighted by Crippen LogP contribution is -1.13. The van der Waals surface area contributed by atoms with E-state index in [-0.39, 0.29) is 0 Å². The van der Waals surface area contributed by atoms with Crippen LogP contribution in [0.25, 0.3) is 0 Å². The van der Waals surface area contributed by atoms with Crippen LogP contribution in [0.15, 0.2) is 0 Å². The SMILES string of the molecule is BPPI. The molecular formula is H4BIP2. The second-order valence-electron chi connectivity index (χ2n) is 0.344. The van der Waals surface area contributed by atoms with Gasteiger partial charge in [-0.1, -0.05) is 22.0 Å². The third-order valence-corrected chi connectivity index (χ3v) is 5.70. The highest BCUT2D eigenvalue weighted by Crippen LogP contribution is 2.39. The van der Waals surface area contributed by atoms with Crippen molar-refractivity contribution in [3.05, 3.63) is 0 Å². The van der Waals surface area contributed by atoms with Crippen LogP contribution in [-0.2, 0) is 0 Å². The molecule has 4 heteroatoms. The van der Waals surface area contributed by atoms with E-state index in [9.17, 15) is 0 Å². The molecule has 4 heavy (non-hydrogen) atoms. The first-order valence-corrected chi connectivity index (χ1v) is 7.55. The Morgan fingerprint density at radius 2 is 2.00 bits per heavy atom. The van der Waals surface area contributed by atoms with Gasteiger partial charge in [0.15, 0.2) is 0 Å². The van der Waals surface area contributed by atoms with E-state index < -0.39 is 0 Å². The van der Waals surface area contributed by atoms with E-state index in [0.717, 1.165) is 14.1 Å². The maximum atomic E-state index is 2.39. The molecule has 0 spiro atoms. The van der Waals surface area contributed by atoms with Crippen LogP contribution in [-0.4, -0.2) is 7.57 Å². The summed E-state index contributed by atoms with van der Waals surface area (Å²) in [4.78, 5) is 0. The molecule has 0 radical (unpaired) electrons. The van der Waals surface area contributed by atoms with Crippen molar-refractivity contribution in [1.29, 1.82) is 0 Å². The van der Waals surface area contributed by atoms with Crippen LogP contribution in [0, 0.1) is 0 Å². The standard InChI is InChI=1S/BH4IP2/c1-3-4-2/h3-4H,1H2. The molecule has 0 aromatic rings. The summed E-state index contributed by atoms with van der Waals surface area (Å²) in [5, 5.41) is 0. The number of halogens is 1. The van der Waals surface area contributed by atoms with E-state index in [1.54, 1.807) is 0 Å². The van der Waals surface area contributed by atoms with Crippen LogP contribution < -0.4 is 0 Å². The molecular weight excluding hydrogens is 200 g/mol. The summed E-state index contributed by atoms with van der Waals surface area (Å²) < 4.78 is 0. The summed E-state index contributed by atoms with van der Waals surface area (Å²) in [6, 6.07) is 0. The molecule has 0 heterocycles. The summed E-state index contributed by atoms with van der Waals surface area (Å²) in [6.45, 7) is 0. The lowest BCUT2D eigenvalue weighted by atomic mass is 10.8. The summed E-state index contributed by atoms with van der Waals surface area (Å²) in [5.74, 6) is 1.14. The van der Waals surface area contributed by atoms with Crippen molar-refractivity contribution in [2.24, 2.45) is 0 Å². The summed E-state index contributed by atoms with van der Waals surface area (Å²) in [5.41, 5.74) is 0. The highest BCUT2D eigenvalue weighted by Gasteiger charge is 1.57. The van der Waals surface area contributed by atoms with E-state index in [2.05, 4.69) is 29.6 Å². The zero-order chi connectivity index (χ0) is 3.41. The fourth-order valence-electron chi connectivity index (χ4n) is 0. The third-order valence-electron chi connectivity index (χ3n) is 0.0945. The molecule has 0 aliphatic carbocycles. The number of hydrogen-bond acceptors (Lipinski definition) is 0. The molecule has 0 aliphatic heterocycles. The predicted molar refractivity (Wildman–Crippen MR) is 39.2 cm³/mol. The molecule has 0 aliphatic rings. The first-order valence-electron chi connectivity index (χ1n) is 0.939. The Labute approximate surface area is 43.8 Å². The molecule has 0 saturated heterocycles. The topological polar surface area (TPSA) is 0 Å². The van der Waals surface area contributed by atoms with Gasteiger partial charge in [-0.15, -0.1) is 8.15 Å². The van der Waals surface area contributed by atoms with Gasteiger partial charge < -0.3 is 0 Å². The third kappa shape index (κ3) is 3.65. The Bertz CT molecular complexity index is 8.00. The van der Waals surface area contributed by atoms with Gasteiger partial charge in [-0.3, -0.25) is 0 Å². The van der Waals surface area contributed by atoms with E-state index >= 15 is 0 Å². The maximum Gasteiger partial charge on any atom is 0.136 e. The lowest BCUT2D eigenvalue weighted by molar-refractivity contribution is 5.01. The van der Waals surface area contributed by atoms with Crippen molar-refractivity contribution < 1.29 is 0 Å². The Morgan fingerprint density at radius 3 is 2.00 bits per heavy atom. The molecule has 0 rings (SSSR count). The molecule has 0 saturated carbocycles. The van der Waals surface area contributed by atoms with Crippen LogP contribution in [0.3, 0.4) is 0 Å². The van der Waals surface area contributed by atoms with E-state index in [1.165, 1.54) is 0 Å². The van der Waals surface area contributed by atoms with Crippen molar-refractivity contribution in [3.63, 3.8) is 0 Å². The van der Waals surface area contributed by atoms with Crippen LogP contribution in [0.4, 0.5) is 0 Å². The Balaban J connectivity index is 1.97. The first kappa shape index (κ1) is 5.65. The fourth-order valence-corrected chi connectivity index (χ4v) is 0. The maximum absolute atomic E-state index is 2.39. The Kier molecular flexibility index (Phi) is 6.58. The quantitative estimate of drug-likeness (QED) is 0.341. The molecule has 2 atom stereocenters. The minimum Gasteiger partial charge on any atom is -0.132 e. The van der Waals surface area contributed by atoms with Crippen molar-refractivity contribution in [3.8, 4) is 0 Å². The van der Waals surface area contributed by atoms with Gasteiger partial charge in [-0.05, 0) is 5.91 Å². The first-order chi connectivity index (χ1) is 1.91. The summed E-state index contributed by atoms with van der Waals surface area (Å²) in [7, 11) is 3.37. The van der Waals surface area contributed by atoms with Gasteiger partial charge in [0.05, 0.1) is 0 Å².